The normalized spacial score (nSPS) is 16.0. The van der Waals surface area contributed by atoms with E-state index in [0.29, 0.717) is 11.1 Å². The van der Waals surface area contributed by atoms with Crippen molar-refractivity contribution < 1.29 is 0 Å². The number of para-hydroxylation sites is 1. The number of anilines is 3. The largest absolute Gasteiger partial charge is 0.351 e. The van der Waals surface area contributed by atoms with Gasteiger partial charge >= 0.3 is 0 Å². The van der Waals surface area contributed by atoms with Crippen LogP contribution in [0, 0.1) is 36.5 Å². The molecule has 0 bridgehead atoms. The van der Waals surface area contributed by atoms with Crippen molar-refractivity contribution in [2.45, 2.75) is 26.9 Å². The van der Waals surface area contributed by atoms with Gasteiger partial charge in [-0.1, -0.05) is 18.2 Å². The fraction of sp³-hybridized carbons (Fsp3) is 0.263. The van der Waals surface area contributed by atoms with Crippen molar-refractivity contribution >= 4 is 17.1 Å². The van der Waals surface area contributed by atoms with Crippen molar-refractivity contribution in [3.63, 3.8) is 0 Å². The van der Waals surface area contributed by atoms with Crippen LogP contribution in [0.15, 0.2) is 30.3 Å². The highest BCUT2D eigenvalue weighted by molar-refractivity contribution is 5.92. The molecule has 114 valence electrons. The van der Waals surface area contributed by atoms with E-state index in [2.05, 4.69) is 54.8 Å². The maximum atomic E-state index is 9.56. The molecule has 3 rings (SSSR count). The number of benzene rings is 2. The van der Waals surface area contributed by atoms with E-state index in [9.17, 15) is 10.5 Å². The summed E-state index contributed by atoms with van der Waals surface area (Å²) in [6, 6.07) is 14.2. The summed E-state index contributed by atoms with van der Waals surface area (Å²) in [5.41, 5.74) is 6.28. The maximum absolute atomic E-state index is 9.56. The highest BCUT2D eigenvalue weighted by Crippen LogP contribution is 2.48. The van der Waals surface area contributed by atoms with Gasteiger partial charge in [0.15, 0.2) is 0 Å². The summed E-state index contributed by atoms with van der Waals surface area (Å²) >= 11 is 0. The van der Waals surface area contributed by atoms with Gasteiger partial charge in [0.2, 0.25) is 0 Å². The van der Waals surface area contributed by atoms with Gasteiger partial charge in [-0.3, -0.25) is 0 Å². The Balaban J connectivity index is 2.37. The highest BCUT2D eigenvalue weighted by atomic mass is 15.4. The summed E-state index contributed by atoms with van der Waals surface area (Å²) in [6.07, 6.45) is 0.0337. The van der Waals surface area contributed by atoms with Crippen LogP contribution in [0.2, 0.25) is 0 Å². The van der Waals surface area contributed by atoms with Crippen molar-refractivity contribution in [3.05, 3.63) is 52.6 Å². The van der Waals surface area contributed by atoms with Crippen LogP contribution in [0.3, 0.4) is 0 Å². The Hall–Kier alpha value is -2.98. The Morgan fingerprint density at radius 2 is 1.39 bits per heavy atom. The summed E-state index contributed by atoms with van der Waals surface area (Å²) < 4.78 is 0. The number of nitriles is 2. The van der Waals surface area contributed by atoms with Crippen LogP contribution in [0.4, 0.5) is 17.1 Å². The monoisotopic (exact) mass is 302 g/mol. The lowest BCUT2D eigenvalue weighted by atomic mass is 10.0. The van der Waals surface area contributed by atoms with E-state index in [1.807, 2.05) is 13.1 Å². The molecule has 0 N–H and O–H groups in total. The number of nitrogens with zero attached hydrogens (tertiary/aromatic N) is 4. The molecule has 4 heteroatoms. The molecule has 0 unspecified atom stereocenters. The zero-order valence-corrected chi connectivity index (χ0v) is 13.8. The lowest BCUT2D eigenvalue weighted by molar-refractivity contribution is 0.730. The first-order valence-corrected chi connectivity index (χ1v) is 7.56. The van der Waals surface area contributed by atoms with Crippen LogP contribution >= 0.6 is 0 Å². The first-order valence-electron chi connectivity index (χ1n) is 7.56. The lowest BCUT2D eigenvalue weighted by Crippen LogP contribution is -2.36. The minimum atomic E-state index is 0.0337. The van der Waals surface area contributed by atoms with E-state index in [0.717, 1.165) is 28.2 Å². The SMILES string of the molecule is Cc1cccc(C)c1N1c2c(C#N)ccc(C#N)c2N(C)[C@@H]1C. The minimum Gasteiger partial charge on any atom is -0.351 e. The molecule has 2 aromatic carbocycles. The van der Waals surface area contributed by atoms with Crippen LogP contribution in [0.25, 0.3) is 0 Å². The third-order valence-electron chi connectivity index (χ3n) is 4.60. The molecule has 0 amide bonds. The van der Waals surface area contributed by atoms with E-state index in [-0.39, 0.29) is 6.17 Å². The lowest BCUT2D eigenvalue weighted by Gasteiger charge is -2.30. The van der Waals surface area contributed by atoms with Crippen LogP contribution in [0.5, 0.6) is 0 Å². The van der Waals surface area contributed by atoms with Crippen molar-refractivity contribution in [1.29, 1.82) is 10.5 Å². The zero-order chi connectivity index (χ0) is 16.7. The summed E-state index contributed by atoms with van der Waals surface area (Å²) in [4.78, 5) is 4.25. The first-order chi connectivity index (χ1) is 11.0. The van der Waals surface area contributed by atoms with Crippen LogP contribution in [-0.2, 0) is 0 Å². The second-order valence-electron chi connectivity index (χ2n) is 5.93. The molecule has 2 aromatic rings. The molecule has 0 saturated heterocycles. The Morgan fingerprint density at radius 3 is 1.91 bits per heavy atom. The molecular formula is C19H18N4. The van der Waals surface area contributed by atoms with E-state index < -0.39 is 0 Å². The average Bonchev–Trinajstić information content (AvgIpc) is 2.80. The summed E-state index contributed by atoms with van der Waals surface area (Å²) in [7, 11) is 1.97. The Labute approximate surface area is 136 Å². The zero-order valence-electron chi connectivity index (χ0n) is 13.8. The fourth-order valence-electron chi connectivity index (χ4n) is 3.39. The Kier molecular flexibility index (Phi) is 3.47. The molecule has 1 aliphatic heterocycles. The molecule has 1 atom stereocenters. The Morgan fingerprint density at radius 1 is 0.870 bits per heavy atom. The third-order valence-corrected chi connectivity index (χ3v) is 4.60. The maximum Gasteiger partial charge on any atom is 0.103 e. The van der Waals surface area contributed by atoms with Gasteiger partial charge in [-0.15, -0.1) is 0 Å². The fourth-order valence-corrected chi connectivity index (χ4v) is 3.39. The molecular weight excluding hydrogens is 284 g/mol. The van der Waals surface area contributed by atoms with Gasteiger partial charge in [-0.25, -0.2) is 0 Å². The van der Waals surface area contributed by atoms with E-state index >= 15 is 0 Å². The Bertz CT molecular complexity index is 850. The third kappa shape index (κ3) is 2.04. The number of rotatable bonds is 1. The second-order valence-corrected chi connectivity index (χ2v) is 5.93. The molecule has 0 fully saturated rings. The van der Waals surface area contributed by atoms with Gasteiger partial charge in [0.05, 0.1) is 22.5 Å². The quantitative estimate of drug-likeness (QED) is 0.799. The summed E-state index contributed by atoms with van der Waals surface area (Å²) in [6.45, 7) is 6.24. The molecule has 23 heavy (non-hydrogen) atoms. The van der Waals surface area contributed by atoms with E-state index in [1.165, 1.54) is 0 Å². The number of aryl methyl sites for hydroxylation is 2. The highest BCUT2D eigenvalue weighted by Gasteiger charge is 2.37. The number of hydrogen-bond donors (Lipinski definition) is 0. The van der Waals surface area contributed by atoms with Crippen LogP contribution in [-0.4, -0.2) is 13.2 Å². The molecule has 0 radical (unpaired) electrons. The van der Waals surface area contributed by atoms with E-state index in [4.69, 9.17) is 0 Å². The molecule has 1 aliphatic rings. The van der Waals surface area contributed by atoms with E-state index in [1.54, 1.807) is 12.1 Å². The van der Waals surface area contributed by atoms with Gasteiger partial charge in [-0.2, -0.15) is 10.5 Å². The van der Waals surface area contributed by atoms with Gasteiger partial charge in [0, 0.05) is 12.7 Å². The van der Waals surface area contributed by atoms with Crippen molar-refractivity contribution in [1.82, 2.24) is 0 Å². The smallest absolute Gasteiger partial charge is 0.103 e. The predicted octanol–water partition coefficient (Wildman–Crippen LogP) is 3.98. The molecule has 0 spiro atoms. The van der Waals surface area contributed by atoms with Gasteiger partial charge < -0.3 is 9.80 Å². The second kappa shape index (κ2) is 5.34. The molecule has 0 aromatic heterocycles. The summed E-state index contributed by atoms with van der Waals surface area (Å²) in [5, 5.41) is 19.0. The van der Waals surface area contributed by atoms with Crippen molar-refractivity contribution in [2.24, 2.45) is 0 Å². The van der Waals surface area contributed by atoms with Crippen molar-refractivity contribution in [2.75, 3.05) is 16.8 Å². The molecule has 0 saturated carbocycles. The van der Waals surface area contributed by atoms with Gasteiger partial charge in [0.1, 0.15) is 18.3 Å². The summed E-state index contributed by atoms with van der Waals surface area (Å²) in [5.74, 6) is 0. The predicted molar refractivity (Wildman–Crippen MR) is 91.8 cm³/mol. The van der Waals surface area contributed by atoms with Gasteiger partial charge in [0.25, 0.3) is 0 Å². The molecule has 1 heterocycles. The molecule has 4 nitrogen and oxygen atoms in total. The average molecular weight is 302 g/mol. The van der Waals surface area contributed by atoms with Crippen LogP contribution < -0.4 is 9.80 Å². The topological polar surface area (TPSA) is 54.1 Å². The van der Waals surface area contributed by atoms with Gasteiger partial charge in [-0.05, 0) is 44.0 Å². The standard InChI is InChI=1S/C19H18N4/c1-12-6-5-7-13(2)17(12)23-14(3)22(4)18-15(10-20)8-9-16(11-21)19(18)23/h5-9,14H,1-4H3/t14-/m0/s1. The van der Waals surface area contributed by atoms with Crippen LogP contribution in [0.1, 0.15) is 29.2 Å². The number of fused-ring (bicyclic) bond motifs is 1. The van der Waals surface area contributed by atoms with Crippen molar-refractivity contribution in [3.8, 4) is 12.1 Å². The minimum absolute atomic E-state index is 0.0337. The number of hydrogen-bond acceptors (Lipinski definition) is 4. The first kappa shape index (κ1) is 14.9. The molecule has 0 aliphatic carbocycles.